The summed E-state index contributed by atoms with van der Waals surface area (Å²) >= 11 is 0. The van der Waals surface area contributed by atoms with Crippen molar-refractivity contribution in [2.75, 3.05) is 40.3 Å². The van der Waals surface area contributed by atoms with Crippen LogP contribution in [0.5, 0.6) is 11.5 Å². The number of alkyl carbamates (subject to hydrolysis) is 1. The first-order valence-electron chi connectivity index (χ1n) is 14.3. The van der Waals surface area contributed by atoms with E-state index >= 15 is 0 Å². The van der Waals surface area contributed by atoms with Gasteiger partial charge in [-0.1, -0.05) is 48.0 Å². The molecule has 0 aromatic heterocycles. The van der Waals surface area contributed by atoms with Crippen LogP contribution in [0.3, 0.4) is 0 Å². The van der Waals surface area contributed by atoms with Gasteiger partial charge in [0.15, 0.2) is 12.9 Å². The number of hydrogen-bond acceptors (Lipinski definition) is 11. The van der Waals surface area contributed by atoms with E-state index in [2.05, 4.69) is 5.32 Å². The second-order valence-electron chi connectivity index (χ2n) is 9.52. The molecule has 3 rings (SSSR count). The molecule has 3 aromatic carbocycles. The molecule has 12 nitrogen and oxygen atoms in total. The summed E-state index contributed by atoms with van der Waals surface area (Å²) in [5, 5.41) is 2.57. The summed E-state index contributed by atoms with van der Waals surface area (Å²) in [6, 6.07) is 18.4. The van der Waals surface area contributed by atoms with Gasteiger partial charge in [-0.3, -0.25) is 0 Å². The SMILES string of the molecule is CCOC(=O)N[C@@H](c1ccc(OCOCCOC)cc1OCc1ccccc1)[C@@H](OS(=O)(=O)c1ccc(C)cc1)C(=O)OCC. The molecule has 1 N–H and O–H groups in total. The molecule has 0 aliphatic rings. The molecular formula is C32H39NO11S. The lowest BCUT2D eigenvalue weighted by Crippen LogP contribution is -2.44. The predicted molar refractivity (Wildman–Crippen MR) is 163 cm³/mol. The molecule has 0 saturated carbocycles. The van der Waals surface area contributed by atoms with Gasteiger partial charge in [-0.2, -0.15) is 8.42 Å². The van der Waals surface area contributed by atoms with Gasteiger partial charge < -0.3 is 33.7 Å². The van der Waals surface area contributed by atoms with Crippen molar-refractivity contribution in [1.29, 1.82) is 0 Å². The smallest absolute Gasteiger partial charge is 0.407 e. The van der Waals surface area contributed by atoms with E-state index in [0.717, 1.165) is 11.1 Å². The van der Waals surface area contributed by atoms with Crippen molar-refractivity contribution < 1.29 is 50.6 Å². The van der Waals surface area contributed by atoms with Gasteiger partial charge in [0.2, 0.25) is 0 Å². The first kappa shape index (κ1) is 35.3. The maximum Gasteiger partial charge on any atom is 0.407 e. The van der Waals surface area contributed by atoms with Crippen molar-refractivity contribution in [3.8, 4) is 11.5 Å². The van der Waals surface area contributed by atoms with Gasteiger partial charge in [0.1, 0.15) is 18.1 Å². The quantitative estimate of drug-likeness (QED) is 0.0890. The molecule has 13 heteroatoms. The summed E-state index contributed by atoms with van der Waals surface area (Å²) in [6.45, 7) is 5.60. The van der Waals surface area contributed by atoms with Gasteiger partial charge >= 0.3 is 12.1 Å². The van der Waals surface area contributed by atoms with E-state index in [1.165, 1.54) is 24.3 Å². The van der Waals surface area contributed by atoms with E-state index < -0.39 is 34.3 Å². The molecule has 0 fully saturated rings. The zero-order valence-corrected chi connectivity index (χ0v) is 26.5. The van der Waals surface area contributed by atoms with Crippen molar-refractivity contribution in [2.45, 2.75) is 44.4 Å². The van der Waals surface area contributed by atoms with Gasteiger partial charge in [-0.15, -0.1) is 0 Å². The van der Waals surface area contributed by atoms with Crippen LogP contribution >= 0.6 is 0 Å². The molecular weight excluding hydrogens is 606 g/mol. The van der Waals surface area contributed by atoms with Gasteiger partial charge in [-0.05, 0) is 50.6 Å². The minimum Gasteiger partial charge on any atom is -0.488 e. The Hall–Kier alpha value is -4.17. The molecule has 0 unspecified atom stereocenters. The van der Waals surface area contributed by atoms with Crippen molar-refractivity contribution in [3.05, 3.63) is 89.5 Å². The Morgan fingerprint density at radius 1 is 0.867 bits per heavy atom. The Morgan fingerprint density at radius 2 is 1.58 bits per heavy atom. The molecule has 3 aromatic rings. The van der Waals surface area contributed by atoms with Crippen molar-refractivity contribution >= 4 is 22.2 Å². The number of benzene rings is 3. The summed E-state index contributed by atoms with van der Waals surface area (Å²) in [6.07, 6.45) is -2.79. The molecule has 2 atom stereocenters. The summed E-state index contributed by atoms with van der Waals surface area (Å²) in [5.41, 5.74) is 1.85. The normalized spacial score (nSPS) is 12.5. The van der Waals surface area contributed by atoms with Crippen LogP contribution < -0.4 is 14.8 Å². The van der Waals surface area contributed by atoms with Crippen molar-refractivity contribution in [1.82, 2.24) is 5.32 Å². The molecule has 0 radical (unpaired) electrons. The van der Waals surface area contributed by atoms with E-state index in [4.69, 9.17) is 32.6 Å². The molecule has 244 valence electrons. The lowest BCUT2D eigenvalue weighted by molar-refractivity contribution is -0.152. The first-order valence-corrected chi connectivity index (χ1v) is 15.7. The van der Waals surface area contributed by atoms with Crippen LogP contribution in [0.1, 0.15) is 36.6 Å². The fourth-order valence-electron chi connectivity index (χ4n) is 4.00. The molecule has 0 heterocycles. The van der Waals surface area contributed by atoms with Crippen molar-refractivity contribution in [3.63, 3.8) is 0 Å². The number of ether oxygens (including phenoxy) is 6. The number of carbonyl (C=O) groups excluding carboxylic acids is 2. The Balaban J connectivity index is 2.08. The number of methoxy groups -OCH3 is 1. The Labute approximate surface area is 263 Å². The van der Waals surface area contributed by atoms with E-state index in [1.807, 2.05) is 30.3 Å². The highest BCUT2D eigenvalue weighted by molar-refractivity contribution is 7.86. The Morgan fingerprint density at radius 3 is 2.24 bits per heavy atom. The standard InChI is InChI=1S/C32H39NO11S/c1-5-40-31(34)30(44-45(36,37)26-15-12-23(3)13-16-26)29(33-32(35)41-6-2)27-17-14-25(43-22-39-19-18-38-4)20-28(27)42-21-24-10-8-7-9-11-24/h7-17,20,29-30H,5-6,18-19,21-22H2,1-4H3,(H,33,35)/t29-,30+/m0/s1. The number of esters is 1. The molecule has 0 saturated heterocycles. The number of carbonyl (C=O) groups is 2. The second kappa shape index (κ2) is 18.0. The zero-order chi connectivity index (χ0) is 32.7. The summed E-state index contributed by atoms with van der Waals surface area (Å²) in [4.78, 5) is 26.0. The van der Waals surface area contributed by atoms with Crippen LogP contribution in [-0.4, -0.2) is 66.9 Å². The molecule has 0 bridgehead atoms. The summed E-state index contributed by atoms with van der Waals surface area (Å²) in [7, 11) is -2.97. The van der Waals surface area contributed by atoms with E-state index in [0.29, 0.717) is 19.0 Å². The van der Waals surface area contributed by atoms with Crippen LogP contribution in [0.2, 0.25) is 0 Å². The Bertz CT molecular complexity index is 1460. The third-order valence-corrected chi connectivity index (χ3v) is 7.52. The maximum atomic E-state index is 13.4. The van der Waals surface area contributed by atoms with Crippen LogP contribution in [0.4, 0.5) is 4.79 Å². The van der Waals surface area contributed by atoms with Crippen LogP contribution in [0, 0.1) is 6.92 Å². The molecule has 0 aliphatic carbocycles. The van der Waals surface area contributed by atoms with Gasteiger partial charge in [0, 0.05) is 18.7 Å². The third kappa shape index (κ3) is 11.0. The molecule has 45 heavy (non-hydrogen) atoms. The van der Waals surface area contributed by atoms with Crippen LogP contribution in [0.25, 0.3) is 0 Å². The fourth-order valence-corrected chi connectivity index (χ4v) is 5.04. The lowest BCUT2D eigenvalue weighted by atomic mass is 10.00. The van der Waals surface area contributed by atoms with Gasteiger partial charge in [0.05, 0.1) is 37.4 Å². The average Bonchev–Trinajstić information content (AvgIpc) is 3.03. The maximum absolute atomic E-state index is 13.4. The zero-order valence-electron chi connectivity index (χ0n) is 25.7. The number of rotatable bonds is 18. The second-order valence-corrected chi connectivity index (χ2v) is 11.1. The van der Waals surface area contributed by atoms with Crippen molar-refractivity contribution in [2.24, 2.45) is 0 Å². The summed E-state index contributed by atoms with van der Waals surface area (Å²) < 4.78 is 64.9. The number of aryl methyl sites for hydroxylation is 1. The molecule has 0 spiro atoms. The van der Waals surface area contributed by atoms with Gasteiger partial charge in [-0.25, -0.2) is 13.8 Å². The van der Waals surface area contributed by atoms with E-state index in [1.54, 1.807) is 46.1 Å². The minimum absolute atomic E-state index is 0.0123. The number of hydrogen-bond donors (Lipinski definition) is 1. The molecule has 1 amide bonds. The number of amides is 1. The average molecular weight is 646 g/mol. The predicted octanol–water partition coefficient (Wildman–Crippen LogP) is 4.70. The van der Waals surface area contributed by atoms with E-state index in [9.17, 15) is 18.0 Å². The lowest BCUT2D eigenvalue weighted by Gasteiger charge is -2.28. The summed E-state index contributed by atoms with van der Waals surface area (Å²) in [5.74, 6) is -0.522. The molecule has 0 aliphatic heterocycles. The Kier molecular flexibility index (Phi) is 14.1. The third-order valence-electron chi connectivity index (χ3n) is 6.21. The monoisotopic (exact) mass is 645 g/mol. The van der Waals surface area contributed by atoms with Crippen LogP contribution in [0.15, 0.2) is 77.7 Å². The minimum atomic E-state index is -4.52. The van der Waals surface area contributed by atoms with Crippen LogP contribution in [-0.2, 0) is 44.7 Å². The topological polar surface area (TPSA) is 145 Å². The van der Waals surface area contributed by atoms with E-state index in [-0.39, 0.29) is 42.8 Å². The first-order chi connectivity index (χ1) is 21.7. The largest absolute Gasteiger partial charge is 0.488 e. The highest BCUT2D eigenvalue weighted by atomic mass is 32.2. The number of nitrogens with one attached hydrogen (secondary N) is 1. The van der Waals surface area contributed by atoms with Gasteiger partial charge in [0.25, 0.3) is 10.1 Å². The highest BCUT2D eigenvalue weighted by Gasteiger charge is 2.40. The fraction of sp³-hybridized carbons (Fsp3) is 0.375. The highest BCUT2D eigenvalue weighted by Crippen LogP contribution is 2.35.